The summed E-state index contributed by atoms with van der Waals surface area (Å²) in [6, 6.07) is 7.55. The van der Waals surface area contributed by atoms with Crippen LogP contribution in [0.25, 0.3) is 0 Å². The van der Waals surface area contributed by atoms with Gasteiger partial charge in [-0.05, 0) is 37.0 Å². The van der Waals surface area contributed by atoms with Gasteiger partial charge in [-0.3, -0.25) is 4.79 Å². The molecule has 0 radical (unpaired) electrons. The molecule has 0 aromatic heterocycles. The van der Waals surface area contributed by atoms with E-state index in [4.69, 9.17) is 15.2 Å². The van der Waals surface area contributed by atoms with Crippen LogP contribution in [0.5, 0.6) is 0 Å². The van der Waals surface area contributed by atoms with E-state index in [2.05, 4.69) is 0 Å². The van der Waals surface area contributed by atoms with Crippen LogP contribution in [0.3, 0.4) is 0 Å². The Labute approximate surface area is 132 Å². The topological polar surface area (TPSA) is 64.8 Å². The molecule has 1 fully saturated rings. The largest absolute Gasteiger partial charge is 0.385 e. The Morgan fingerprint density at radius 1 is 1.23 bits per heavy atom. The number of likely N-dealkylation sites (tertiary alicyclic amines) is 1. The third-order valence-corrected chi connectivity index (χ3v) is 4.01. The molecule has 2 N–H and O–H groups in total. The number of methoxy groups -OCH3 is 1. The van der Waals surface area contributed by atoms with Crippen LogP contribution < -0.4 is 5.73 Å². The third kappa shape index (κ3) is 4.80. The lowest BCUT2D eigenvalue weighted by Gasteiger charge is -2.32. The molecule has 5 nitrogen and oxygen atoms in total. The molecular formula is C17H26N2O3. The fourth-order valence-electron chi connectivity index (χ4n) is 2.64. The molecule has 0 aliphatic carbocycles. The van der Waals surface area contributed by atoms with Gasteiger partial charge in [0, 0.05) is 45.5 Å². The van der Waals surface area contributed by atoms with E-state index >= 15 is 0 Å². The predicted octanol–water partition coefficient (Wildman–Crippen LogP) is 1.80. The maximum Gasteiger partial charge on any atom is 0.253 e. The molecule has 122 valence electrons. The average Bonchev–Trinajstić information content (AvgIpc) is 2.59. The molecule has 1 aromatic carbocycles. The molecule has 0 unspecified atom stereocenters. The van der Waals surface area contributed by atoms with Crippen molar-refractivity contribution in [3.63, 3.8) is 0 Å². The summed E-state index contributed by atoms with van der Waals surface area (Å²) < 4.78 is 10.8. The van der Waals surface area contributed by atoms with E-state index in [0.29, 0.717) is 6.54 Å². The van der Waals surface area contributed by atoms with Crippen molar-refractivity contribution in [2.24, 2.45) is 5.73 Å². The Morgan fingerprint density at radius 3 is 2.50 bits per heavy atom. The van der Waals surface area contributed by atoms with Crippen LogP contribution in [0, 0.1) is 0 Å². The first-order valence-electron chi connectivity index (χ1n) is 7.93. The van der Waals surface area contributed by atoms with Crippen molar-refractivity contribution in [1.29, 1.82) is 0 Å². The van der Waals surface area contributed by atoms with Gasteiger partial charge in [-0.1, -0.05) is 12.1 Å². The highest BCUT2D eigenvalue weighted by Gasteiger charge is 2.23. The predicted molar refractivity (Wildman–Crippen MR) is 85.7 cm³/mol. The number of nitrogens with two attached hydrogens (primary N) is 1. The van der Waals surface area contributed by atoms with Gasteiger partial charge in [0.2, 0.25) is 0 Å². The van der Waals surface area contributed by atoms with Gasteiger partial charge in [-0.2, -0.15) is 0 Å². The molecule has 1 aliphatic rings. The lowest BCUT2D eigenvalue weighted by atomic mass is 10.1. The van der Waals surface area contributed by atoms with Gasteiger partial charge < -0.3 is 20.1 Å². The summed E-state index contributed by atoms with van der Waals surface area (Å²) in [5.74, 6) is 0.0985. The monoisotopic (exact) mass is 306 g/mol. The smallest absolute Gasteiger partial charge is 0.253 e. The van der Waals surface area contributed by atoms with Crippen LogP contribution in [0.15, 0.2) is 24.3 Å². The maximum atomic E-state index is 12.4. The number of ether oxygens (including phenoxy) is 2. The van der Waals surface area contributed by atoms with E-state index in [0.717, 1.165) is 56.7 Å². The first-order chi connectivity index (χ1) is 10.7. The summed E-state index contributed by atoms with van der Waals surface area (Å²) >= 11 is 0. The van der Waals surface area contributed by atoms with Crippen LogP contribution in [-0.4, -0.2) is 50.3 Å². The molecular weight excluding hydrogens is 280 g/mol. The molecule has 0 atom stereocenters. The molecule has 1 aromatic rings. The Balaban J connectivity index is 1.76. The van der Waals surface area contributed by atoms with Crippen LogP contribution in [-0.2, 0) is 16.0 Å². The van der Waals surface area contributed by atoms with E-state index in [-0.39, 0.29) is 12.0 Å². The van der Waals surface area contributed by atoms with Gasteiger partial charge in [-0.15, -0.1) is 0 Å². The number of hydrogen-bond donors (Lipinski definition) is 1. The van der Waals surface area contributed by atoms with Crippen LogP contribution in [0.1, 0.15) is 35.2 Å². The number of rotatable bonds is 7. The Hall–Kier alpha value is -1.43. The van der Waals surface area contributed by atoms with Gasteiger partial charge in [0.1, 0.15) is 0 Å². The highest BCUT2D eigenvalue weighted by molar-refractivity contribution is 5.94. The zero-order valence-corrected chi connectivity index (χ0v) is 13.3. The molecule has 0 saturated carbocycles. The maximum absolute atomic E-state index is 12.4. The molecule has 0 spiro atoms. The van der Waals surface area contributed by atoms with E-state index in [1.165, 1.54) is 0 Å². The standard InChI is InChI=1S/C17H26N2O3/c1-21-11-2-12-22-16-7-9-19(10-8-16)17(20)15-5-3-14(13-18)4-6-15/h3-6,16H,2,7-13,18H2,1H3. The van der Waals surface area contributed by atoms with Crippen LogP contribution in [0.4, 0.5) is 0 Å². The highest BCUT2D eigenvalue weighted by atomic mass is 16.5. The molecule has 5 heteroatoms. The zero-order chi connectivity index (χ0) is 15.8. The Bertz CT molecular complexity index is 453. The summed E-state index contributed by atoms with van der Waals surface area (Å²) in [5, 5.41) is 0. The number of benzene rings is 1. The number of nitrogens with zero attached hydrogens (tertiary/aromatic N) is 1. The SMILES string of the molecule is COCCCOC1CCN(C(=O)c2ccc(CN)cc2)CC1. The molecule has 22 heavy (non-hydrogen) atoms. The van der Waals surface area contributed by atoms with Crippen molar-refractivity contribution < 1.29 is 14.3 Å². The second-order valence-corrected chi connectivity index (χ2v) is 5.61. The van der Waals surface area contributed by atoms with E-state index in [9.17, 15) is 4.79 Å². The van der Waals surface area contributed by atoms with Crippen LogP contribution in [0.2, 0.25) is 0 Å². The normalized spacial score (nSPS) is 16.0. The van der Waals surface area contributed by atoms with E-state index in [1.807, 2.05) is 29.2 Å². The van der Waals surface area contributed by atoms with Gasteiger partial charge in [0.15, 0.2) is 0 Å². The zero-order valence-electron chi connectivity index (χ0n) is 13.3. The first kappa shape index (κ1) is 16.9. The minimum atomic E-state index is 0.0985. The molecule has 1 heterocycles. The number of carbonyl (C=O) groups excluding carboxylic acids is 1. The Morgan fingerprint density at radius 2 is 1.91 bits per heavy atom. The van der Waals surface area contributed by atoms with Crippen LogP contribution >= 0.6 is 0 Å². The number of amides is 1. The minimum Gasteiger partial charge on any atom is -0.385 e. The molecule has 1 saturated heterocycles. The van der Waals surface area contributed by atoms with Crippen molar-refractivity contribution in [1.82, 2.24) is 4.90 Å². The average molecular weight is 306 g/mol. The van der Waals surface area contributed by atoms with E-state index in [1.54, 1.807) is 7.11 Å². The quantitative estimate of drug-likeness (QED) is 0.780. The lowest BCUT2D eigenvalue weighted by molar-refractivity contribution is 0.00189. The summed E-state index contributed by atoms with van der Waals surface area (Å²) in [5.41, 5.74) is 7.35. The van der Waals surface area contributed by atoms with Gasteiger partial charge in [0.25, 0.3) is 5.91 Å². The molecule has 2 rings (SSSR count). The third-order valence-electron chi connectivity index (χ3n) is 4.01. The minimum absolute atomic E-state index is 0.0985. The second kappa shape index (κ2) is 8.88. The van der Waals surface area contributed by atoms with Crippen molar-refractivity contribution in [2.45, 2.75) is 31.9 Å². The first-order valence-corrected chi connectivity index (χ1v) is 7.93. The fourth-order valence-corrected chi connectivity index (χ4v) is 2.64. The van der Waals surface area contributed by atoms with Crippen molar-refractivity contribution in [3.05, 3.63) is 35.4 Å². The Kier molecular flexibility index (Phi) is 6.83. The summed E-state index contributed by atoms with van der Waals surface area (Å²) in [6.45, 7) is 3.47. The summed E-state index contributed by atoms with van der Waals surface area (Å²) in [4.78, 5) is 14.4. The molecule has 1 aliphatic heterocycles. The van der Waals surface area contributed by atoms with Crippen molar-refractivity contribution in [3.8, 4) is 0 Å². The van der Waals surface area contributed by atoms with Gasteiger partial charge in [-0.25, -0.2) is 0 Å². The van der Waals surface area contributed by atoms with E-state index < -0.39 is 0 Å². The van der Waals surface area contributed by atoms with Gasteiger partial charge in [0.05, 0.1) is 6.10 Å². The number of hydrogen-bond acceptors (Lipinski definition) is 4. The molecule has 1 amide bonds. The molecule has 0 bridgehead atoms. The highest BCUT2D eigenvalue weighted by Crippen LogP contribution is 2.17. The van der Waals surface area contributed by atoms with Crippen molar-refractivity contribution in [2.75, 3.05) is 33.4 Å². The second-order valence-electron chi connectivity index (χ2n) is 5.61. The number of piperidine rings is 1. The van der Waals surface area contributed by atoms with Crippen molar-refractivity contribution >= 4 is 5.91 Å². The van der Waals surface area contributed by atoms with Gasteiger partial charge >= 0.3 is 0 Å². The summed E-state index contributed by atoms with van der Waals surface area (Å²) in [6.07, 6.45) is 2.99. The summed E-state index contributed by atoms with van der Waals surface area (Å²) in [7, 11) is 1.70. The lowest BCUT2D eigenvalue weighted by Crippen LogP contribution is -2.41. The fraction of sp³-hybridized carbons (Fsp3) is 0.588. The number of carbonyl (C=O) groups is 1.